The molecule has 0 unspecified atom stereocenters. The van der Waals surface area contributed by atoms with Crippen molar-refractivity contribution in [3.05, 3.63) is 42.2 Å². The summed E-state index contributed by atoms with van der Waals surface area (Å²) < 4.78 is 57.1. The molecule has 2 heterocycles. The van der Waals surface area contributed by atoms with Crippen LogP contribution < -0.4 is 5.32 Å². The van der Waals surface area contributed by atoms with E-state index in [0.717, 1.165) is 19.5 Å². The Morgan fingerprint density at radius 1 is 1.03 bits per heavy atom. The molecular weight excluding hydrogens is 411 g/mol. The zero-order chi connectivity index (χ0) is 22.1. The van der Waals surface area contributed by atoms with Crippen molar-refractivity contribution < 1.29 is 31.9 Å². The average Bonchev–Trinajstić information content (AvgIpc) is 3.48. The second-order valence-corrected chi connectivity index (χ2v) is 6.51. The number of carbonyl (C=O) groups is 1. The Morgan fingerprint density at radius 3 is 2.07 bits per heavy atom. The molecule has 11 heteroatoms. The molecule has 6 nitrogen and oxygen atoms in total. The number of hydrogen-bond donors (Lipinski definition) is 2. The van der Waals surface area contributed by atoms with Gasteiger partial charge in [0.25, 0.3) is 0 Å². The van der Waals surface area contributed by atoms with Crippen molar-refractivity contribution >= 4 is 11.7 Å². The lowest BCUT2D eigenvalue weighted by Gasteiger charge is -2.30. The van der Waals surface area contributed by atoms with E-state index in [4.69, 9.17) is 5.11 Å². The Bertz CT molecular complexity index is 816. The highest BCUT2D eigenvalue weighted by atomic mass is 19.4. The van der Waals surface area contributed by atoms with Gasteiger partial charge in [-0.25, -0.2) is 18.7 Å². The summed E-state index contributed by atoms with van der Waals surface area (Å²) in [7, 11) is 0. The fourth-order valence-corrected chi connectivity index (χ4v) is 2.14. The summed E-state index contributed by atoms with van der Waals surface area (Å²) >= 11 is 0. The Hall–Kier alpha value is -2.82. The lowest BCUT2D eigenvalue weighted by atomic mass is 10.1. The van der Waals surface area contributed by atoms with Crippen LogP contribution in [0.4, 0.5) is 27.8 Å². The molecule has 2 aromatic rings. The van der Waals surface area contributed by atoms with E-state index in [2.05, 4.69) is 15.3 Å². The van der Waals surface area contributed by atoms with Gasteiger partial charge in [0.2, 0.25) is 5.91 Å². The molecule has 2 fully saturated rings. The van der Waals surface area contributed by atoms with Gasteiger partial charge in [-0.15, -0.1) is 13.2 Å². The second-order valence-electron chi connectivity index (χ2n) is 6.51. The number of aliphatic hydroxyl groups is 1. The molecule has 1 saturated heterocycles. The van der Waals surface area contributed by atoms with Crippen LogP contribution in [0, 0.1) is 11.6 Å². The third-order valence-electron chi connectivity index (χ3n) is 3.88. The minimum atomic E-state index is -5.00. The van der Waals surface area contributed by atoms with Gasteiger partial charge in [-0.2, -0.15) is 0 Å². The second kappa shape index (κ2) is 10.8. The number of hydrogen-bond acceptors (Lipinski definition) is 5. The van der Waals surface area contributed by atoms with Gasteiger partial charge >= 0.3 is 6.36 Å². The van der Waals surface area contributed by atoms with Crippen LogP contribution in [-0.2, 0) is 4.79 Å². The minimum absolute atomic E-state index is 0.0171. The Labute approximate surface area is 169 Å². The van der Waals surface area contributed by atoms with Crippen LogP contribution >= 0.6 is 0 Å². The van der Waals surface area contributed by atoms with Crippen LogP contribution in [0.1, 0.15) is 25.7 Å². The van der Waals surface area contributed by atoms with Crippen molar-refractivity contribution in [2.45, 2.75) is 32.0 Å². The number of likely N-dealkylation sites (tertiary alicyclic amines) is 1. The molecule has 0 atom stereocenters. The first-order valence-corrected chi connectivity index (χ1v) is 9.22. The summed E-state index contributed by atoms with van der Waals surface area (Å²) in [6, 6.07) is 5.35. The SMILES string of the molecule is C1CC1.O=C(CNc1ncnc(-c2ccc(F)cc2)c1F)N1CCC1.OC(F)(F)F. The quantitative estimate of drug-likeness (QED) is 0.720. The van der Waals surface area contributed by atoms with Crippen LogP contribution in [0.5, 0.6) is 0 Å². The Kier molecular flexibility index (Phi) is 8.46. The minimum Gasteiger partial charge on any atom is -0.358 e. The molecule has 1 aliphatic heterocycles. The summed E-state index contributed by atoms with van der Waals surface area (Å²) in [5.74, 6) is -1.20. The van der Waals surface area contributed by atoms with Gasteiger partial charge in [0, 0.05) is 18.7 Å². The van der Waals surface area contributed by atoms with E-state index in [0.29, 0.717) is 5.56 Å². The van der Waals surface area contributed by atoms with Crippen LogP contribution in [-0.4, -0.2) is 51.9 Å². The van der Waals surface area contributed by atoms with Crippen molar-refractivity contribution in [1.82, 2.24) is 14.9 Å². The van der Waals surface area contributed by atoms with Gasteiger partial charge in [-0.1, -0.05) is 19.3 Å². The number of amides is 1. The van der Waals surface area contributed by atoms with Crippen molar-refractivity contribution in [3.8, 4) is 11.3 Å². The predicted molar refractivity (Wildman–Crippen MR) is 99.2 cm³/mol. The first-order valence-electron chi connectivity index (χ1n) is 9.22. The van der Waals surface area contributed by atoms with Crippen molar-refractivity contribution in [2.75, 3.05) is 25.0 Å². The number of alkyl halides is 3. The molecular formula is C19H21F5N4O2. The van der Waals surface area contributed by atoms with E-state index in [-0.39, 0.29) is 24.0 Å². The zero-order valence-electron chi connectivity index (χ0n) is 15.9. The molecule has 2 N–H and O–H groups in total. The van der Waals surface area contributed by atoms with E-state index in [1.165, 1.54) is 49.9 Å². The molecule has 1 amide bonds. The normalized spacial score (nSPS) is 14.4. The zero-order valence-corrected chi connectivity index (χ0v) is 15.9. The van der Waals surface area contributed by atoms with Gasteiger partial charge in [-0.3, -0.25) is 4.79 Å². The molecule has 0 bridgehead atoms. The molecule has 1 saturated carbocycles. The summed E-state index contributed by atoms with van der Waals surface area (Å²) in [6.45, 7) is 1.47. The maximum Gasteiger partial charge on any atom is 0.519 e. The van der Waals surface area contributed by atoms with Crippen LogP contribution in [0.25, 0.3) is 11.3 Å². The Balaban J connectivity index is 0.000000338. The van der Waals surface area contributed by atoms with Gasteiger partial charge in [0.1, 0.15) is 17.8 Å². The third kappa shape index (κ3) is 8.68. The number of benzene rings is 1. The highest BCUT2D eigenvalue weighted by Crippen LogP contribution is 2.24. The molecule has 1 aromatic heterocycles. The molecule has 2 aliphatic rings. The summed E-state index contributed by atoms with van der Waals surface area (Å²) in [6.07, 6.45) is 1.71. The molecule has 1 aromatic carbocycles. The first-order chi connectivity index (χ1) is 14.1. The van der Waals surface area contributed by atoms with E-state index in [1.54, 1.807) is 4.90 Å². The number of nitrogens with zero attached hydrogens (tertiary/aromatic N) is 3. The van der Waals surface area contributed by atoms with Crippen LogP contribution in [0.15, 0.2) is 30.6 Å². The molecule has 30 heavy (non-hydrogen) atoms. The number of carbonyl (C=O) groups excluding carboxylic acids is 1. The third-order valence-corrected chi connectivity index (χ3v) is 3.88. The van der Waals surface area contributed by atoms with Crippen LogP contribution in [0.3, 0.4) is 0 Å². The summed E-state index contributed by atoms with van der Waals surface area (Å²) in [5, 5.41) is 9.21. The largest absolute Gasteiger partial charge is 0.519 e. The van der Waals surface area contributed by atoms with E-state index < -0.39 is 18.0 Å². The maximum atomic E-state index is 14.4. The number of rotatable bonds is 4. The van der Waals surface area contributed by atoms with Crippen molar-refractivity contribution in [1.29, 1.82) is 0 Å². The van der Waals surface area contributed by atoms with E-state index in [9.17, 15) is 26.7 Å². The van der Waals surface area contributed by atoms with Gasteiger partial charge in [0.15, 0.2) is 11.6 Å². The van der Waals surface area contributed by atoms with Crippen molar-refractivity contribution in [2.24, 2.45) is 0 Å². The molecule has 0 radical (unpaired) electrons. The molecule has 164 valence electrons. The lowest BCUT2D eigenvalue weighted by Crippen LogP contribution is -2.44. The molecule has 1 aliphatic carbocycles. The van der Waals surface area contributed by atoms with Gasteiger partial charge < -0.3 is 15.3 Å². The lowest BCUT2D eigenvalue weighted by molar-refractivity contribution is -0.295. The van der Waals surface area contributed by atoms with E-state index in [1.807, 2.05) is 0 Å². The number of nitrogens with one attached hydrogen (secondary N) is 1. The number of aromatic nitrogens is 2. The number of anilines is 1. The number of halogens is 5. The average molecular weight is 432 g/mol. The monoisotopic (exact) mass is 432 g/mol. The van der Waals surface area contributed by atoms with E-state index >= 15 is 0 Å². The maximum absolute atomic E-state index is 14.4. The predicted octanol–water partition coefficient (Wildman–Crippen LogP) is 3.73. The highest BCUT2D eigenvalue weighted by Gasteiger charge is 2.21. The fraction of sp³-hybridized carbons (Fsp3) is 0.421. The summed E-state index contributed by atoms with van der Waals surface area (Å²) in [5.41, 5.74) is 0.507. The molecule has 0 spiro atoms. The smallest absolute Gasteiger partial charge is 0.358 e. The topological polar surface area (TPSA) is 78.4 Å². The summed E-state index contributed by atoms with van der Waals surface area (Å²) in [4.78, 5) is 21.1. The fourth-order valence-electron chi connectivity index (χ4n) is 2.14. The van der Waals surface area contributed by atoms with Gasteiger partial charge in [-0.05, 0) is 30.7 Å². The Morgan fingerprint density at radius 2 is 1.60 bits per heavy atom. The highest BCUT2D eigenvalue weighted by molar-refractivity contribution is 5.81. The van der Waals surface area contributed by atoms with Gasteiger partial charge in [0.05, 0.1) is 6.54 Å². The van der Waals surface area contributed by atoms with Crippen molar-refractivity contribution in [3.63, 3.8) is 0 Å². The standard InChI is InChI=1S/C15H14F2N4O.C3H6.CHF3O/c16-11-4-2-10(3-5-11)14-13(17)15(20-9-19-14)18-8-12(22)21-6-1-7-21;1-2-3-1;2-1(3,4)5/h2-5,9H,1,6-8H2,(H,18,19,20);1-3H2;5H. The van der Waals surface area contributed by atoms with Crippen LogP contribution in [0.2, 0.25) is 0 Å². The molecule has 4 rings (SSSR count). The first kappa shape index (κ1) is 23.5.